The van der Waals surface area contributed by atoms with E-state index >= 15 is 0 Å². The lowest BCUT2D eigenvalue weighted by molar-refractivity contribution is 0.181. The van der Waals surface area contributed by atoms with Gasteiger partial charge in [-0.2, -0.15) is 0 Å². The molecule has 0 aromatic rings. The van der Waals surface area contributed by atoms with Crippen LogP contribution in [0, 0.1) is 11.8 Å². The zero-order chi connectivity index (χ0) is 12.8. The molecule has 0 bridgehead atoms. The number of aliphatic imine (C=N–C) groups is 1. The van der Waals surface area contributed by atoms with Crippen LogP contribution in [0.5, 0.6) is 0 Å². The molecule has 0 aromatic carbocycles. The number of hydrogen-bond acceptors (Lipinski definition) is 2. The standard InChI is InChI=1S/C14H27N3O/c1-15-14(16-9-12-5-3-4-6-12)17(2)10-13-7-8-18-11-13/h12-13H,3-11H2,1-2H3,(H,15,16). The number of nitrogens with zero attached hydrogens (tertiary/aromatic N) is 2. The minimum atomic E-state index is 0.667. The van der Waals surface area contributed by atoms with E-state index in [1.807, 2.05) is 7.05 Å². The molecule has 4 nitrogen and oxygen atoms in total. The molecule has 1 heterocycles. The number of hydrogen-bond donors (Lipinski definition) is 1. The van der Waals surface area contributed by atoms with Crippen molar-refractivity contribution < 1.29 is 4.74 Å². The van der Waals surface area contributed by atoms with Crippen molar-refractivity contribution in [3.05, 3.63) is 0 Å². The first-order valence-electron chi connectivity index (χ1n) is 7.29. The second-order valence-electron chi connectivity index (χ2n) is 5.69. The van der Waals surface area contributed by atoms with Crippen LogP contribution in [0.1, 0.15) is 32.1 Å². The largest absolute Gasteiger partial charge is 0.381 e. The van der Waals surface area contributed by atoms with Crippen LogP contribution < -0.4 is 5.32 Å². The third-order valence-corrected chi connectivity index (χ3v) is 4.15. The third kappa shape index (κ3) is 3.87. The highest BCUT2D eigenvalue weighted by molar-refractivity contribution is 5.79. The summed E-state index contributed by atoms with van der Waals surface area (Å²) in [6.07, 6.45) is 6.75. The van der Waals surface area contributed by atoms with Crippen LogP contribution in [0.2, 0.25) is 0 Å². The Morgan fingerprint density at radius 3 is 2.67 bits per heavy atom. The molecule has 1 atom stereocenters. The van der Waals surface area contributed by atoms with E-state index in [1.54, 1.807) is 0 Å². The van der Waals surface area contributed by atoms with Crippen LogP contribution in [0.4, 0.5) is 0 Å². The van der Waals surface area contributed by atoms with Crippen molar-refractivity contribution in [1.82, 2.24) is 10.2 Å². The molecule has 2 aliphatic rings. The zero-order valence-electron chi connectivity index (χ0n) is 11.8. The van der Waals surface area contributed by atoms with E-state index < -0.39 is 0 Å². The maximum atomic E-state index is 5.43. The Balaban J connectivity index is 1.72. The van der Waals surface area contributed by atoms with E-state index in [0.717, 1.165) is 38.2 Å². The normalized spacial score (nSPS) is 25.7. The highest BCUT2D eigenvalue weighted by Crippen LogP contribution is 2.23. The van der Waals surface area contributed by atoms with Gasteiger partial charge in [0.1, 0.15) is 0 Å². The highest BCUT2D eigenvalue weighted by atomic mass is 16.5. The molecular formula is C14H27N3O. The molecule has 1 aliphatic carbocycles. The fraction of sp³-hybridized carbons (Fsp3) is 0.929. The quantitative estimate of drug-likeness (QED) is 0.612. The summed E-state index contributed by atoms with van der Waals surface area (Å²) < 4.78 is 5.43. The van der Waals surface area contributed by atoms with E-state index in [2.05, 4.69) is 22.3 Å². The molecule has 0 aromatic heterocycles. The molecule has 18 heavy (non-hydrogen) atoms. The summed E-state index contributed by atoms with van der Waals surface area (Å²) in [6.45, 7) is 3.96. The van der Waals surface area contributed by atoms with E-state index in [4.69, 9.17) is 4.74 Å². The molecule has 1 unspecified atom stereocenters. The van der Waals surface area contributed by atoms with Crippen molar-refractivity contribution in [2.24, 2.45) is 16.8 Å². The molecule has 2 fully saturated rings. The van der Waals surface area contributed by atoms with Crippen molar-refractivity contribution in [1.29, 1.82) is 0 Å². The van der Waals surface area contributed by atoms with Crippen molar-refractivity contribution in [3.8, 4) is 0 Å². The monoisotopic (exact) mass is 253 g/mol. The molecule has 104 valence electrons. The molecule has 2 rings (SSSR count). The van der Waals surface area contributed by atoms with Gasteiger partial charge in [-0.15, -0.1) is 0 Å². The van der Waals surface area contributed by atoms with Gasteiger partial charge in [0.25, 0.3) is 0 Å². The summed E-state index contributed by atoms with van der Waals surface area (Å²) in [7, 11) is 4.00. The number of rotatable bonds is 4. The fourth-order valence-electron chi connectivity index (χ4n) is 3.04. The van der Waals surface area contributed by atoms with Gasteiger partial charge in [-0.3, -0.25) is 4.99 Å². The summed E-state index contributed by atoms with van der Waals surface area (Å²) in [5.41, 5.74) is 0. The summed E-state index contributed by atoms with van der Waals surface area (Å²) in [4.78, 5) is 6.63. The first kappa shape index (κ1) is 13.7. The number of ether oxygens (including phenoxy) is 1. The van der Waals surface area contributed by atoms with Gasteiger partial charge in [0, 0.05) is 39.7 Å². The van der Waals surface area contributed by atoms with Crippen LogP contribution in [0.15, 0.2) is 4.99 Å². The summed E-state index contributed by atoms with van der Waals surface area (Å²) >= 11 is 0. The molecular weight excluding hydrogens is 226 g/mol. The summed E-state index contributed by atoms with van der Waals surface area (Å²) in [6, 6.07) is 0. The third-order valence-electron chi connectivity index (χ3n) is 4.15. The Morgan fingerprint density at radius 2 is 2.06 bits per heavy atom. The lowest BCUT2D eigenvalue weighted by atomic mass is 10.1. The number of guanidine groups is 1. The smallest absolute Gasteiger partial charge is 0.193 e. The van der Waals surface area contributed by atoms with Crippen LogP contribution in [-0.2, 0) is 4.74 Å². The molecule has 4 heteroatoms. The van der Waals surface area contributed by atoms with Gasteiger partial charge in [-0.25, -0.2) is 0 Å². The van der Waals surface area contributed by atoms with Crippen LogP contribution >= 0.6 is 0 Å². The molecule has 1 saturated heterocycles. The van der Waals surface area contributed by atoms with Crippen LogP contribution in [0.25, 0.3) is 0 Å². The fourth-order valence-corrected chi connectivity index (χ4v) is 3.04. The van der Waals surface area contributed by atoms with Crippen molar-refractivity contribution in [2.45, 2.75) is 32.1 Å². The molecule has 1 saturated carbocycles. The van der Waals surface area contributed by atoms with Gasteiger partial charge in [0.15, 0.2) is 5.96 Å². The Bertz CT molecular complexity index is 268. The van der Waals surface area contributed by atoms with Crippen LogP contribution in [0.3, 0.4) is 0 Å². The average Bonchev–Trinajstić information content (AvgIpc) is 3.02. The van der Waals surface area contributed by atoms with Gasteiger partial charge in [0.05, 0.1) is 6.61 Å². The van der Waals surface area contributed by atoms with E-state index in [9.17, 15) is 0 Å². The zero-order valence-corrected chi connectivity index (χ0v) is 11.8. The van der Waals surface area contributed by atoms with E-state index in [1.165, 1.54) is 32.1 Å². The summed E-state index contributed by atoms with van der Waals surface area (Å²) in [5, 5.41) is 3.52. The molecule has 1 aliphatic heterocycles. The first-order chi connectivity index (χ1) is 8.79. The minimum Gasteiger partial charge on any atom is -0.381 e. The van der Waals surface area contributed by atoms with Gasteiger partial charge in [-0.05, 0) is 25.2 Å². The second kappa shape index (κ2) is 6.98. The molecule has 0 spiro atoms. The Kier molecular flexibility index (Phi) is 5.29. The Labute approximate surface area is 111 Å². The van der Waals surface area contributed by atoms with Crippen molar-refractivity contribution >= 4 is 5.96 Å². The maximum absolute atomic E-state index is 5.43. The van der Waals surface area contributed by atoms with Gasteiger partial charge in [-0.1, -0.05) is 12.8 Å². The Hall–Kier alpha value is -0.770. The second-order valence-corrected chi connectivity index (χ2v) is 5.69. The van der Waals surface area contributed by atoms with Crippen LogP contribution in [-0.4, -0.2) is 51.3 Å². The lowest BCUT2D eigenvalue weighted by Crippen LogP contribution is -2.42. The number of nitrogens with one attached hydrogen (secondary N) is 1. The highest BCUT2D eigenvalue weighted by Gasteiger charge is 2.20. The molecule has 0 amide bonds. The Morgan fingerprint density at radius 1 is 1.28 bits per heavy atom. The molecule has 1 N–H and O–H groups in total. The maximum Gasteiger partial charge on any atom is 0.193 e. The van der Waals surface area contributed by atoms with Gasteiger partial charge in [0.2, 0.25) is 0 Å². The average molecular weight is 253 g/mol. The van der Waals surface area contributed by atoms with Gasteiger partial charge >= 0.3 is 0 Å². The predicted octanol–water partition coefficient (Wildman–Crippen LogP) is 1.72. The SMILES string of the molecule is CN=C(NCC1CCCC1)N(C)CC1CCOC1. The van der Waals surface area contributed by atoms with E-state index in [0.29, 0.717) is 5.92 Å². The van der Waals surface area contributed by atoms with E-state index in [-0.39, 0.29) is 0 Å². The van der Waals surface area contributed by atoms with Crippen molar-refractivity contribution in [2.75, 3.05) is 40.4 Å². The minimum absolute atomic E-state index is 0.667. The first-order valence-corrected chi connectivity index (χ1v) is 7.29. The predicted molar refractivity (Wildman–Crippen MR) is 74.9 cm³/mol. The molecule has 0 radical (unpaired) electrons. The van der Waals surface area contributed by atoms with Gasteiger partial charge < -0.3 is 15.0 Å². The topological polar surface area (TPSA) is 36.9 Å². The van der Waals surface area contributed by atoms with Crippen molar-refractivity contribution in [3.63, 3.8) is 0 Å². The summed E-state index contributed by atoms with van der Waals surface area (Å²) in [5.74, 6) is 2.55. The lowest BCUT2D eigenvalue weighted by Gasteiger charge is -2.25.